The van der Waals surface area contributed by atoms with E-state index in [4.69, 9.17) is 0 Å². The summed E-state index contributed by atoms with van der Waals surface area (Å²) >= 11 is 0. The molecule has 86 valence electrons. The lowest BCUT2D eigenvalue weighted by Gasteiger charge is -2.05. The Morgan fingerprint density at radius 1 is 1.50 bits per heavy atom. The number of rotatable bonds is 5. The Labute approximate surface area is 94.5 Å². The molecule has 2 aromatic heterocycles. The van der Waals surface area contributed by atoms with E-state index in [-0.39, 0.29) is 0 Å². The molecule has 2 aromatic rings. The van der Waals surface area contributed by atoms with Gasteiger partial charge in [-0.15, -0.1) is 0 Å². The summed E-state index contributed by atoms with van der Waals surface area (Å²) in [6.07, 6.45) is 5.46. The number of nitrogens with one attached hydrogen (secondary N) is 1. The van der Waals surface area contributed by atoms with Crippen LogP contribution in [0, 0.1) is 0 Å². The van der Waals surface area contributed by atoms with Gasteiger partial charge in [0.25, 0.3) is 0 Å². The first kappa shape index (κ1) is 10.9. The summed E-state index contributed by atoms with van der Waals surface area (Å²) in [5.74, 6) is 0.693. The van der Waals surface area contributed by atoms with Gasteiger partial charge in [0.2, 0.25) is 6.39 Å². The van der Waals surface area contributed by atoms with Crippen molar-refractivity contribution in [2.45, 2.75) is 33.0 Å². The van der Waals surface area contributed by atoms with Crippen LogP contribution in [0.15, 0.2) is 29.4 Å². The minimum Gasteiger partial charge on any atom is -0.346 e. The minimum atomic E-state index is 0.501. The van der Waals surface area contributed by atoms with Crippen LogP contribution in [0.2, 0.25) is 0 Å². The number of aromatic nitrogens is 3. The lowest BCUT2D eigenvalue weighted by Crippen LogP contribution is -2.21. The zero-order valence-electron chi connectivity index (χ0n) is 9.55. The third-order valence-corrected chi connectivity index (χ3v) is 2.26. The quantitative estimate of drug-likeness (QED) is 0.828. The highest BCUT2D eigenvalue weighted by molar-refractivity contribution is 5.10. The van der Waals surface area contributed by atoms with Crippen LogP contribution in [0.25, 0.3) is 0 Å². The van der Waals surface area contributed by atoms with Crippen molar-refractivity contribution in [2.75, 3.05) is 0 Å². The van der Waals surface area contributed by atoms with Gasteiger partial charge in [-0.2, -0.15) is 4.98 Å². The number of hydrogen-bond acceptors (Lipinski definition) is 4. The second-order valence-electron chi connectivity index (χ2n) is 4.08. The highest BCUT2D eigenvalue weighted by Gasteiger charge is 2.01. The maximum atomic E-state index is 4.69. The molecular formula is C11H16N4O. The monoisotopic (exact) mass is 220 g/mol. The molecule has 5 nitrogen and oxygen atoms in total. The number of hydrogen-bond donors (Lipinski definition) is 1. The molecule has 0 unspecified atom stereocenters. The maximum Gasteiger partial charge on any atom is 0.213 e. The Hall–Kier alpha value is -1.62. The van der Waals surface area contributed by atoms with E-state index >= 15 is 0 Å². The fraction of sp³-hybridized carbons (Fsp3) is 0.455. The topological polar surface area (TPSA) is 55.9 Å². The van der Waals surface area contributed by atoms with Crippen LogP contribution in [-0.2, 0) is 13.1 Å². The lowest BCUT2D eigenvalue weighted by molar-refractivity contribution is 0.408. The molecule has 0 aliphatic carbocycles. The van der Waals surface area contributed by atoms with Gasteiger partial charge in [0, 0.05) is 25.0 Å². The molecule has 0 atom stereocenters. The van der Waals surface area contributed by atoms with E-state index in [1.54, 1.807) is 0 Å². The average Bonchev–Trinajstić information content (AvgIpc) is 2.87. The van der Waals surface area contributed by atoms with Crippen molar-refractivity contribution >= 4 is 0 Å². The second-order valence-corrected chi connectivity index (χ2v) is 4.08. The van der Waals surface area contributed by atoms with E-state index in [0.29, 0.717) is 18.4 Å². The summed E-state index contributed by atoms with van der Waals surface area (Å²) in [6.45, 7) is 5.81. The first-order chi connectivity index (χ1) is 7.74. The first-order valence-corrected chi connectivity index (χ1v) is 5.37. The Morgan fingerprint density at radius 2 is 2.38 bits per heavy atom. The third kappa shape index (κ3) is 2.93. The maximum absolute atomic E-state index is 4.69. The lowest BCUT2D eigenvalue weighted by atomic mass is 10.3. The predicted molar refractivity (Wildman–Crippen MR) is 59.8 cm³/mol. The molecule has 0 amide bonds. The van der Waals surface area contributed by atoms with Crippen molar-refractivity contribution in [3.63, 3.8) is 0 Å². The van der Waals surface area contributed by atoms with Crippen molar-refractivity contribution < 1.29 is 4.52 Å². The molecule has 2 rings (SSSR count). The molecule has 0 radical (unpaired) electrons. The van der Waals surface area contributed by atoms with Gasteiger partial charge >= 0.3 is 0 Å². The Balaban J connectivity index is 1.92. The first-order valence-electron chi connectivity index (χ1n) is 5.37. The molecule has 0 saturated carbocycles. The van der Waals surface area contributed by atoms with Crippen LogP contribution in [0.3, 0.4) is 0 Å². The van der Waals surface area contributed by atoms with Crippen molar-refractivity contribution in [1.29, 1.82) is 0 Å². The molecule has 0 fully saturated rings. The SMILES string of the molecule is CC(C)NCc1ccn(Cc2ncon2)c1. The summed E-state index contributed by atoms with van der Waals surface area (Å²) in [5, 5.41) is 7.14. The largest absolute Gasteiger partial charge is 0.346 e. The molecule has 0 aromatic carbocycles. The van der Waals surface area contributed by atoms with Crippen LogP contribution in [0.1, 0.15) is 25.2 Å². The number of nitrogens with zero attached hydrogens (tertiary/aromatic N) is 3. The molecule has 5 heteroatoms. The smallest absolute Gasteiger partial charge is 0.213 e. The summed E-state index contributed by atoms with van der Waals surface area (Å²) in [5.41, 5.74) is 1.26. The van der Waals surface area contributed by atoms with E-state index in [2.05, 4.69) is 46.1 Å². The molecule has 0 spiro atoms. The van der Waals surface area contributed by atoms with E-state index in [0.717, 1.165) is 6.54 Å². The van der Waals surface area contributed by atoms with Crippen LogP contribution in [0.5, 0.6) is 0 Å². The Bertz CT molecular complexity index is 419. The van der Waals surface area contributed by atoms with Gasteiger partial charge in [0.1, 0.15) is 0 Å². The molecule has 0 saturated heterocycles. The standard InChI is InChI=1S/C11H16N4O/c1-9(2)12-5-10-3-4-15(6-10)7-11-13-8-16-14-11/h3-4,6,8-9,12H,5,7H2,1-2H3. The summed E-state index contributed by atoms with van der Waals surface area (Å²) in [7, 11) is 0. The fourth-order valence-electron chi connectivity index (χ4n) is 1.44. The van der Waals surface area contributed by atoms with Gasteiger partial charge in [-0.05, 0) is 11.6 Å². The van der Waals surface area contributed by atoms with Crippen molar-refractivity contribution in [3.8, 4) is 0 Å². The van der Waals surface area contributed by atoms with E-state index in [9.17, 15) is 0 Å². The summed E-state index contributed by atoms with van der Waals surface area (Å²) in [6, 6.07) is 2.59. The molecule has 16 heavy (non-hydrogen) atoms. The Morgan fingerprint density at radius 3 is 3.06 bits per heavy atom. The van der Waals surface area contributed by atoms with Crippen LogP contribution in [0.4, 0.5) is 0 Å². The minimum absolute atomic E-state index is 0.501. The second kappa shape index (κ2) is 4.94. The fourth-order valence-corrected chi connectivity index (χ4v) is 1.44. The summed E-state index contributed by atoms with van der Waals surface area (Å²) < 4.78 is 6.73. The zero-order valence-corrected chi connectivity index (χ0v) is 9.55. The van der Waals surface area contributed by atoms with Gasteiger partial charge in [-0.3, -0.25) is 0 Å². The van der Waals surface area contributed by atoms with Crippen LogP contribution < -0.4 is 5.32 Å². The van der Waals surface area contributed by atoms with E-state index < -0.39 is 0 Å². The molecular weight excluding hydrogens is 204 g/mol. The third-order valence-electron chi connectivity index (χ3n) is 2.26. The van der Waals surface area contributed by atoms with Crippen molar-refractivity contribution in [2.24, 2.45) is 0 Å². The normalized spacial score (nSPS) is 11.2. The van der Waals surface area contributed by atoms with Gasteiger partial charge in [0.15, 0.2) is 5.82 Å². The van der Waals surface area contributed by atoms with Crippen molar-refractivity contribution in [3.05, 3.63) is 36.2 Å². The van der Waals surface area contributed by atoms with Crippen LogP contribution >= 0.6 is 0 Å². The molecule has 1 N–H and O–H groups in total. The molecule has 0 aliphatic rings. The van der Waals surface area contributed by atoms with Crippen LogP contribution in [-0.4, -0.2) is 20.7 Å². The van der Waals surface area contributed by atoms with Gasteiger partial charge in [0.05, 0.1) is 6.54 Å². The predicted octanol–water partition coefficient (Wildman–Crippen LogP) is 1.42. The Kier molecular flexibility index (Phi) is 3.36. The van der Waals surface area contributed by atoms with Crippen molar-refractivity contribution in [1.82, 2.24) is 20.0 Å². The van der Waals surface area contributed by atoms with E-state index in [1.165, 1.54) is 12.0 Å². The summed E-state index contributed by atoms with van der Waals surface area (Å²) in [4.78, 5) is 3.98. The highest BCUT2D eigenvalue weighted by Crippen LogP contribution is 2.03. The van der Waals surface area contributed by atoms with Gasteiger partial charge in [-0.25, -0.2) is 0 Å². The van der Waals surface area contributed by atoms with Gasteiger partial charge < -0.3 is 14.4 Å². The van der Waals surface area contributed by atoms with E-state index in [1.807, 2.05) is 10.8 Å². The highest BCUT2D eigenvalue weighted by atomic mass is 16.5. The molecule has 0 aliphatic heterocycles. The molecule has 0 bridgehead atoms. The zero-order chi connectivity index (χ0) is 11.4. The molecule has 2 heterocycles. The average molecular weight is 220 g/mol. The van der Waals surface area contributed by atoms with Gasteiger partial charge in [-0.1, -0.05) is 19.0 Å².